The molecule has 2 nitrogen and oxygen atoms in total. The van der Waals surface area contributed by atoms with Crippen molar-refractivity contribution in [2.24, 2.45) is 0 Å². The van der Waals surface area contributed by atoms with Crippen LogP contribution < -0.4 is 5.32 Å². The van der Waals surface area contributed by atoms with Crippen LogP contribution in [0.5, 0.6) is 0 Å². The number of ether oxygens (including phenoxy) is 1. The van der Waals surface area contributed by atoms with Crippen molar-refractivity contribution in [1.29, 1.82) is 0 Å². The van der Waals surface area contributed by atoms with Crippen LogP contribution in [-0.2, 0) is 4.74 Å². The fourth-order valence-corrected chi connectivity index (χ4v) is 2.38. The van der Waals surface area contributed by atoms with Gasteiger partial charge in [-0.15, -0.1) is 0 Å². The van der Waals surface area contributed by atoms with Crippen LogP contribution in [0.15, 0.2) is 11.6 Å². The van der Waals surface area contributed by atoms with Gasteiger partial charge in [-0.1, -0.05) is 18.6 Å². The van der Waals surface area contributed by atoms with E-state index in [4.69, 9.17) is 4.74 Å². The van der Waals surface area contributed by atoms with Crippen molar-refractivity contribution in [3.63, 3.8) is 0 Å². The first-order chi connectivity index (χ1) is 7.88. The zero-order chi connectivity index (χ0) is 11.6. The Balaban J connectivity index is 2.31. The van der Waals surface area contributed by atoms with Gasteiger partial charge in [-0.2, -0.15) is 0 Å². The van der Waals surface area contributed by atoms with Crippen molar-refractivity contribution in [3.05, 3.63) is 11.6 Å². The maximum atomic E-state index is 5.40. The number of hydrogen-bond acceptors (Lipinski definition) is 2. The van der Waals surface area contributed by atoms with Gasteiger partial charge in [0, 0.05) is 19.3 Å². The Morgan fingerprint density at radius 2 is 2.25 bits per heavy atom. The minimum atomic E-state index is 0.603. The Kier molecular flexibility index (Phi) is 7.52. The molecule has 0 fully saturated rings. The highest BCUT2D eigenvalue weighted by atomic mass is 16.5. The number of rotatable bonds is 8. The van der Waals surface area contributed by atoms with E-state index in [-0.39, 0.29) is 0 Å². The molecule has 0 saturated heterocycles. The molecule has 1 aliphatic carbocycles. The monoisotopic (exact) mass is 225 g/mol. The van der Waals surface area contributed by atoms with Crippen LogP contribution in [0.2, 0.25) is 0 Å². The van der Waals surface area contributed by atoms with E-state index in [0.717, 1.165) is 19.8 Å². The van der Waals surface area contributed by atoms with Gasteiger partial charge in [0.15, 0.2) is 0 Å². The minimum absolute atomic E-state index is 0.603. The zero-order valence-electron chi connectivity index (χ0n) is 10.9. The second-order valence-electron chi connectivity index (χ2n) is 4.47. The van der Waals surface area contributed by atoms with Crippen LogP contribution in [0, 0.1) is 0 Å². The van der Waals surface area contributed by atoms with Gasteiger partial charge in [-0.05, 0) is 52.0 Å². The van der Waals surface area contributed by atoms with Gasteiger partial charge >= 0.3 is 0 Å². The van der Waals surface area contributed by atoms with Gasteiger partial charge in [0.2, 0.25) is 0 Å². The van der Waals surface area contributed by atoms with E-state index in [1.54, 1.807) is 5.57 Å². The van der Waals surface area contributed by atoms with Crippen molar-refractivity contribution >= 4 is 0 Å². The van der Waals surface area contributed by atoms with Gasteiger partial charge in [0.05, 0.1) is 0 Å². The highest BCUT2D eigenvalue weighted by molar-refractivity contribution is 5.13. The van der Waals surface area contributed by atoms with Gasteiger partial charge in [0.1, 0.15) is 0 Å². The number of hydrogen-bond donors (Lipinski definition) is 1. The summed E-state index contributed by atoms with van der Waals surface area (Å²) in [5.41, 5.74) is 1.64. The molecule has 0 aromatic carbocycles. The molecule has 0 amide bonds. The third-order valence-corrected chi connectivity index (χ3v) is 3.21. The molecule has 0 aliphatic heterocycles. The first-order valence-electron chi connectivity index (χ1n) is 6.88. The van der Waals surface area contributed by atoms with Crippen molar-refractivity contribution in [2.45, 2.75) is 58.4 Å². The molecule has 0 radical (unpaired) electrons. The number of allylic oxidation sites excluding steroid dienone is 1. The van der Waals surface area contributed by atoms with E-state index in [1.165, 1.54) is 38.5 Å². The van der Waals surface area contributed by atoms with Gasteiger partial charge in [-0.25, -0.2) is 0 Å². The largest absolute Gasteiger partial charge is 0.382 e. The molecule has 0 aromatic rings. The molecule has 1 N–H and O–H groups in total. The van der Waals surface area contributed by atoms with Crippen LogP contribution in [0.25, 0.3) is 0 Å². The highest BCUT2D eigenvalue weighted by Crippen LogP contribution is 2.22. The van der Waals surface area contributed by atoms with E-state index in [0.29, 0.717) is 6.04 Å². The molecule has 1 rings (SSSR count). The summed E-state index contributed by atoms with van der Waals surface area (Å²) < 4.78 is 5.40. The molecule has 1 unspecified atom stereocenters. The summed E-state index contributed by atoms with van der Waals surface area (Å²) in [4.78, 5) is 0. The molecular weight excluding hydrogens is 198 g/mol. The summed E-state index contributed by atoms with van der Waals surface area (Å²) in [6, 6.07) is 0.603. The van der Waals surface area contributed by atoms with Crippen molar-refractivity contribution in [3.8, 4) is 0 Å². The third-order valence-electron chi connectivity index (χ3n) is 3.21. The lowest BCUT2D eigenvalue weighted by Crippen LogP contribution is -2.31. The predicted octanol–water partition coefficient (Wildman–Crippen LogP) is 3.28. The lowest BCUT2D eigenvalue weighted by atomic mass is 9.91. The van der Waals surface area contributed by atoms with Crippen LogP contribution in [0.3, 0.4) is 0 Å². The van der Waals surface area contributed by atoms with Crippen LogP contribution >= 0.6 is 0 Å². The molecule has 0 spiro atoms. The van der Waals surface area contributed by atoms with Crippen molar-refractivity contribution in [2.75, 3.05) is 19.8 Å². The summed E-state index contributed by atoms with van der Waals surface area (Å²) >= 11 is 0. The Morgan fingerprint density at radius 3 is 2.88 bits per heavy atom. The Labute approximate surface area is 100 Å². The van der Waals surface area contributed by atoms with E-state index in [9.17, 15) is 0 Å². The third kappa shape index (κ3) is 5.13. The maximum absolute atomic E-state index is 5.40. The standard InChI is InChI=1S/C14H27NO/c1-3-15-14(11-8-12-16-4-2)13-9-6-5-7-10-13/h9,14-15H,3-8,10-12H2,1-2H3. The smallest absolute Gasteiger partial charge is 0.0466 e. The Bertz CT molecular complexity index is 201. The number of likely N-dealkylation sites (N-methyl/N-ethyl adjacent to an activating group) is 1. The second kappa shape index (κ2) is 8.77. The lowest BCUT2D eigenvalue weighted by molar-refractivity contribution is 0.141. The molecule has 2 heteroatoms. The van der Waals surface area contributed by atoms with Crippen LogP contribution in [0.4, 0.5) is 0 Å². The first-order valence-corrected chi connectivity index (χ1v) is 6.88. The second-order valence-corrected chi connectivity index (χ2v) is 4.47. The minimum Gasteiger partial charge on any atom is -0.382 e. The summed E-state index contributed by atoms with van der Waals surface area (Å²) in [6.45, 7) is 7.07. The molecule has 0 bridgehead atoms. The predicted molar refractivity (Wildman–Crippen MR) is 69.7 cm³/mol. The zero-order valence-corrected chi connectivity index (χ0v) is 10.9. The molecule has 94 valence electrons. The summed E-state index contributed by atoms with van der Waals surface area (Å²) in [6.07, 6.45) is 10.2. The molecule has 0 aromatic heterocycles. The molecule has 0 heterocycles. The van der Waals surface area contributed by atoms with E-state index in [2.05, 4.69) is 25.2 Å². The summed E-state index contributed by atoms with van der Waals surface area (Å²) in [7, 11) is 0. The van der Waals surface area contributed by atoms with E-state index in [1.807, 2.05) is 0 Å². The topological polar surface area (TPSA) is 21.3 Å². The molecule has 16 heavy (non-hydrogen) atoms. The molecule has 1 aliphatic rings. The fourth-order valence-electron chi connectivity index (χ4n) is 2.38. The number of nitrogens with one attached hydrogen (secondary N) is 1. The van der Waals surface area contributed by atoms with Gasteiger partial charge < -0.3 is 10.1 Å². The van der Waals surface area contributed by atoms with Crippen molar-refractivity contribution in [1.82, 2.24) is 5.32 Å². The summed E-state index contributed by atoms with van der Waals surface area (Å²) in [5.74, 6) is 0. The Hall–Kier alpha value is -0.340. The van der Waals surface area contributed by atoms with Crippen LogP contribution in [-0.4, -0.2) is 25.8 Å². The summed E-state index contributed by atoms with van der Waals surface area (Å²) in [5, 5.41) is 3.61. The first kappa shape index (κ1) is 13.7. The Morgan fingerprint density at radius 1 is 1.38 bits per heavy atom. The SMILES string of the molecule is CCNC(CCCOCC)C1=CCCCC1. The van der Waals surface area contributed by atoms with Crippen molar-refractivity contribution < 1.29 is 4.74 Å². The van der Waals surface area contributed by atoms with E-state index >= 15 is 0 Å². The van der Waals surface area contributed by atoms with Crippen LogP contribution in [0.1, 0.15) is 52.4 Å². The normalized spacial score (nSPS) is 18.2. The maximum Gasteiger partial charge on any atom is 0.0466 e. The van der Waals surface area contributed by atoms with E-state index < -0.39 is 0 Å². The van der Waals surface area contributed by atoms with Gasteiger partial charge in [-0.3, -0.25) is 0 Å². The molecule has 0 saturated carbocycles. The average molecular weight is 225 g/mol. The highest BCUT2D eigenvalue weighted by Gasteiger charge is 2.14. The lowest BCUT2D eigenvalue weighted by Gasteiger charge is -2.24. The molecular formula is C14H27NO. The quantitative estimate of drug-likeness (QED) is 0.505. The fraction of sp³-hybridized carbons (Fsp3) is 0.857. The molecule has 1 atom stereocenters. The van der Waals surface area contributed by atoms with Gasteiger partial charge in [0.25, 0.3) is 0 Å². The average Bonchev–Trinajstić information content (AvgIpc) is 2.34.